The van der Waals surface area contributed by atoms with Gasteiger partial charge >= 0.3 is 6.16 Å². The van der Waals surface area contributed by atoms with Crippen molar-refractivity contribution < 1.29 is 31.1 Å². The highest BCUT2D eigenvalue weighted by Crippen LogP contribution is 2.32. The third-order valence-electron chi connectivity index (χ3n) is 6.12. The van der Waals surface area contributed by atoms with Gasteiger partial charge in [-0.3, -0.25) is 4.57 Å². The first kappa shape index (κ1) is 31.8. The maximum absolute atomic E-state index is 13.2. The van der Waals surface area contributed by atoms with Crippen LogP contribution in [0.5, 0.6) is 5.88 Å². The van der Waals surface area contributed by atoms with Crippen LogP contribution in [0.25, 0.3) is 11.1 Å². The second kappa shape index (κ2) is 13.9. The lowest BCUT2D eigenvalue weighted by molar-refractivity contribution is 0.0998. The summed E-state index contributed by atoms with van der Waals surface area (Å²) in [6, 6.07) is 16.3. The van der Waals surface area contributed by atoms with Crippen LogP contribution in [-0.4, -0.2) is 45.4 Å². The van der Waals surface area contributed by atoms with Gasteiger partial charge in [0.2, 0.25) is 5.88 Å². The highest BCUT2D eigenvalue weighted by atomic mass is 32.3. The summed E-state index contributed by atoms with van der Waals surface area (Å²) in [4.78, 5) is 16.7. The number of imidazole rings is 1. The van der Waals surface area contributed by atoms with Crippen LogP contribution in [0.4, 0.5) is 4.79 Å². The van der Waals surface area contributed by atoms with Gasteiger partial charge < -0.3 is 9.47 Å². The van der Waals surface area contributed by atoms with E-state index in [1.165, 1.54) is 36.0 Å². The average Bonchev–Trinajstić information content (AvgIpc) is 3.62. The Morgan fingerprint density at radius 1 is 1.00 bits per heavy atom. The Hall–Kier alpha value is -3.17. The van der Waals surface area contributed by atoms with Crippen molar-refractivity contribution in [2.24, 2.45) is 0 Å². The van der Waals surface area contributed by atoms with Gasteiger partial charge in [-0.1, -0.05) is 66.0 Å². The number of thioether (sulfide) groups is 1. The van der Waals surface area contributed by atoms with E-state index in [0.29, 0.717) is 35.0 Å². The number of carbonyl (C=O) groups is 1. The Labute approximate surface area is 254 Å². The van der Waals surface area contributed by atoms with E-state index in [9.17, 15) is 21.6 Å². The molecule has 0 bridgehead atoms. The number of sulfonamides is 2. The third kappa shape index (κ3) is 7.42. The fraction of sp³-hybridized carbons (Fsp3) is 0.286. The minimum atomic E-state index is -4.42. The summed E-state index contributed by atoms with van der Waals surface area (Å²) in [7, 11) is -8.69. The lowest BCUT2D eigenvalue weighted by Crippen LogP contribution is -2.30. The highest BCUT2D eigenvalue weighted by Gasteiger charge is 2.28. The number of nitrogens with one attached hydrogen (secondary N) is 1. The fourth-order valence-electron chi connectivity index (χ4n) is 4.16. The van der Waals surface area contributed by atoms with E-state index in [-0.39, 0.29) is 15.7 Å². The van der Waals surface area contributed by atoms with Crippen molar-refractivity contribution in [1.29, 1.82) is 0 Å². The Morgan fingerprint density at radius 2 is 1.74 bits per heavy atom. The minimum absolute atomic E-state index is 0.0957. The molecule has 2 aromatic heterocycles. The number of thiophene rings is 1. The maximum Gasteiger partial charge on any atom is 0.515 e. The number of unbranched alkanes of at least 4 members (excludes halogenated alkanes) is 1. The molecule has 0 fully saturated rings. The molecule has 0 aliphatic rings. The molecule has 0 saturated carbocycles. The molecule has 14 heteroatoms. The van der Waals surface area contributed by atoms with Crippen molar-refractivity contribution in [3.8, 4) is 17.0 Å². The molecule has 0 aliphatic carbocycles. The number of benzene rings is 2. The van der Waals surface area contributed by atoms with Crippen molar-refractivity contribution in [2.45, 2.75) is 53.8 Å². The number of nitrogens with zero attached hydrogens (tertiary/aromatic N) is 2. The van der Waals surface area contributed by atoms with Crippen LogP contribution in [0.2, 0.25) is 0 Å². The van der Waals surface area contributed by atoms with Crippen molar-refractivity contribution in [3.05, 3.63) is 77.4 Å². The average molecular weight is 650 g/mol. The first-order chi connectivity index (χ1) is 20.1. The molecular formula is C28H31N3O7S4. The Balaban J connectivity index is 1.65. The summed E-state index contributed by atoms with van der Waals surface area (Å²) in [5, 5.41) is 2.14. The largest absolute Gasteiger partial charge is 0.515 e. The van der Waals surface area contributed by atoms with Crippen molar-refractivity contribution >= 4 is 49.3 Å². The lowest BCUT2D eigenvalue weighted by atomic mass is 10.0. The molecule has 4 aromatic rings. The Morgan fingerprint density at radius 3 is 2.38 bits per heavy atom. The first-order valence-electron chi connectivity index (χ1n) is 13.1. The summed E-state index contributed by atoms with van der Waals surface area (Å²) in [6.07, 6.45) is 3.62. The van der Waals surface area contributed by atoms with Crippen molar-refractivity contribution in [3.63, 3.8) is 0 Å². The van der Waals surface area contributed by atoms with E-state index < -0.39 is 26.2 Å². The van der Waals surface area contributed by atoms with Crippen LogP contribution in [-0.2, 0) is 37.7 Å². The molecular weight excluding hydrogens is 619 g/mol. The molecule has 0 spiro atoms. The smallest absolute Gasteiger partial charge is 0.434 e. The molecule has 10 nitrogen and oxygen atoms in total. The van der Waals surface area contributed by atoms with Gasteiger partial charge in [-0.25, -0.2) is 26.6 Å². The second-order valence-electron chi connectivity index (χ2n) is 9.03. The number of ether oxygens (including phenoxy) is 2. The topological polar surface area (TPSA) is 134 Å². The van der Waals surface area contributed by atoms with Crippen molar-refractivity contribution in [1.82, 2.24) is 13.7 Å². The van der Waals surface area contributed by atoms with Gasteiger partial charge in [0, 0.05) is 12.0 Å². The lowest BCUT2D eigenvalue weighted by Gasteiger charge is -2.14. The highest BCUT2D eigenvalue weighted by molar-refractivity contribution is 8.05. The second-order valence-corrected chi connectivity index (χ2v) is 14.6. The van der Waals surface area contributed by atoms with Gasteiger partial charge in [-0.15, -0.1) is 23.1 Å². The minimum Gasteiger partial charge on any atom is -0.434 e. The predicted molar refractivity (Wildman–Crippen MR) is 163 cm³/mol. The van der Waals surface area contributed by atoms with Gasteiger partial charge in [0.05, 0.1) is 18.0 Å². The van der Waals surface area contributed by atoms with Gasteiger partial charge in [-0.05, 0) is 48.2 Å². The summed E-state index contributed by atoms with van der Waals surface area (Å²) in [5.74, 6) is 1.09. The van der Waals surface area contributed by atoms with E-state index in [1.54, 1.807) is 36.6 Å². The molecule has 0 amide bonds. The number of rotatable bonds is 13. The van der Waals surface area contributed by atoms with Gasteiger partial charge in [0.15, 0.2) is 5.03 Å². The van der Waals surface area contributed by atoms with Crippen LogP contribution in [0.15, 0.2) is 80.2 Å². The van der Waals surface area contributed by atoms with E-state index in [1.807, 2.05) is 27.1 Å². The van der Waals surface area contributed by atoms with Gasteiger partial charge in [0.25, 0.3) is 20.0 Å². The standard InChI is InChI=1S/C28H31N3O7S4/c1-4-6-12-24-29-26(39-3)27(38-28(32)37-5-2)31(24)19-20-14-16-21(17-15-20)22-10-7-8-11-23(22)41(33,34)30-42(35,36)25-13-9-18-40-25/h7-11,13-18,30H,4-6,12,19H2,1-3H3. The molecule has 0 atom stereocenters. The molecule has 224 valence electrons. The van der Waals surface area contributed by atoms with Crippen LogP contribution in [0, 0.1) is 0 Å². The van der Waals surface area contributed by atoms with E-state index in [0.717, 1.165) is 35.6 Å². The Kier molecular flexibility index (Phi) is 10.5. The molecule has 4 rings (SSSR count). The number of aromatic nitrogens is 2. The van der Waals surface area contributed by atoms with Crippen LogP contribution in [0.1, 0.15) is 38.1 Å². The zero-order valence-electron chi connectivity index (χ0n) is 23.3. The quantitative estimate of drug-likeness (QED) is 0.138. The maximum atomic E-state index is 13.2. The summed E-state index contributed by atoms with van der Waals surface area (Å²) >= 11 is 2.30. The molecule has 2 heterocycles. The molecule has 2 aromatic carbocycles. The van der Waals surface area contributed by atoms with Crippen LogP contribution in [0.3, 0.4) is 0 Å². The fourth-order valence-corrected chi connectivity index (χ4v) is 8.95. The normalized spacial score (nSPS) is 11.9. The zero-order valence-corrected chi connectivity index (χ0v) is 26.5. The monoisotopic (exact) mass is 649 g/mol. The van der Waals surface area contributed by atoms with Crippen LogP contribution >= 0.6 is 23.1 Å². The number of hydrogen-bond donors (Lipinski definition) is 1. The summed E-state index contributed by atoms with van der Waals surface area (Å²) in [5.41, 5.74) is 1.78. The molecule has 42 heavy (non-hydrogen) atoms. The van der Waals surface area contributed by atoms with Gasteiger partial charge in [-0.2, -0.15) is 0 Å². The third-order valence-corrected chi connectivity index (χ3v) is 11.7. The molecule has 0 aliphatic heterocycles. The molecule has 0 radical (unpaired) electrons. The first-order valence-corrected chi connectivity index (χ1v) is 18.1. The SMILES string of the molecule is CCCCc1nc(SC)c(OC(=O)OCC)n1Cc1ccc(-c2ccccc2S(=O)(=O)NS(=O)(=O)c2cccs2)cc1. The van der Waals surface area contributed by atoms with Gasteiger partial charge in [0.1, 0.15) is 10.0 Å². The number of aryl methyl sites for hydroxylation is 1. The predicted octanol–water partition coefficient (Wildman–Crippen LogP) is 5.93. The van der Waals surface area contributed by atoms with E-state index >= 15 is 0 Å². The molecule has 0 saturated heterocycles. The molecule has 0 unspecified atom stereocenters. The van der Waals surface area contributed by atoms with Crippen LogP contribution < -0.4 is 8.86 Å². The van der Waals surface area contributed by atoms with E-state index in [2.05, 4.69) is 6.92 Å². The van der Waals surface area contributed by atoms with E-state index in [4.69, 9.17) is 14.5 Å². The zero-order chi connectivity index (χ0) is 30.3. The number of carbonyl (C=O) groups excluding carboxylic acids is 1. The molecule has 1 N–H and O–H groups in total. The van der Waals surface area contributed by atoms with Crippen molar-refractivity contribution in [2.75, 3.05) is 12.9 Å². The summed E-state index contributed by atoms with van der Waals surface area (Å²) in [6.45, 7) is 4.31. The summed E-state index contributed by atoms with van der Waals surface area (Å²) < 4.78 is 65.9. The Bertz CT molecular complexity index is 1730. The number of hydrogen-bond acceptors (Lipinski definition) is 10.